The van der Waals surface area contributed by atoms with Crippen LogP contribution in [0.5, 0.6) is 5.75 Å². The van der Waals surface area contributed by atoms with E-state index in [9.17, 15) is 9.18 Å². The van der Waals surface area contributed by atoms with Crippen LogP contribution in [0.2, 0.25) is 0 Å². The summed E-state index contributed by atoms with van der Waals surface area (Å²) in [6.45, 7) is 2.44. The average molecular weight is 387 g/mol. The highest BCUT2D eigenvalue weighted by Gasteiger charge is 2.24. The second-order valence-electron chi connectivity index (χ2n) is 6.66. The van der Waals surface area contributed by atoms with Gasteiger partial charge in [0.2, 0.25) is 5.90 Å². The van der Waals surface area contributed by atoms with Crippen LogP contribution in [0, 0.1) is 12.7 Å². The first-order chi connectivity index (χ1) is 14.1. The molecule has 3 aromatic carbocycles. The molecule has 0 amide bonds. The minimum absolute atomic E-state index is 0.0822. The van der Waals surface area contributed by atoms with Crippen molar-refractivity contribution in [2.75, 3.05) is 0 Å². The minimum atomic E-state index is -0.586. The van der Waals surface area contributed by atoms with Crippen molar-refractivity contribution in [1.82, 2.24) is 0 Å². The van der Waals surface area contributed by atoms with Crippen molar-refractivity contribution in [3.63, 3.8) is 0 Å². The molecule has 29 heavy (non-hydrogen) atoms. The summed E-state index contributed by atoms with van der Waals surface area (Å²) in [5.41, 5.74) is 3.48. The van der Waals surface area contributed by atoms with Crippen molar-refractivity contribution in [1.29, 1.82) is 0 Å². The normalized spacial score (nSPS) is 14.6. The van der Waals surface area contributed by atoms with Gasteiger partial charge in [0.05, 0.1) is 0 Å². The lowest BCUT2D eigenvalue weighted by Crippen LogP contribution is -2.05. The Hall–Kier alpha value is -3.73. The molecule has 5 heteroatoms. The quantitative estimate of drug-likeness (QED) is 0.454. The van der Waals surface area contributed by atoms with Gasteiger partial charge in [-0.2, -0.15) is 0 Å². The Morgan fingerprint density at radius 3 is 2.62 bits per heavy atom. The van der Waals surface area contributed by atoms with E-state index in [0.29, 0.717) is 23.5 Å². The van der Waals surface area contributed by atoms with E-state index in [-0.39, 0.29) is 11.6 Å². The van der Waals surface area contributed by atoms with Crippen LogP contribution in [0.1, 0.15) is 22.3 Å². The van der Waals surface area contributed by atoms with Crippen molar-refractivity contribution in [3.8, 4) is 5.75 Å². The zero-order chi connectivity index (χ0) is 20.2. The first kappa shape index (κ1) is 18.6. The maximum atomic E-state index is 13.4. The Morgan fingerprint density at radius 2 is 1.83 bits per heavy atom. The summed E-state index contributed by atoms with van der Waals surface area (Å²) in [6, 6.07) is 21.2. The molecule has 0 aliphatic carbocycles. The van der Waals surface area contributed by atoms with Gasteiger partial charge >= 0.3 is 5.97 Å². The number of cyclic esters (lactones) is 1. The molecule has 1 aliphatic rings. The topological polar surface area (TPSA) is 47.9 Å². The molecule has 0 saturated heterocycles. The van der Waals surface area contributed by atoms with Crippen molar-refractivity contribution in [3.05, 3.63) is 107 Å². The Kier molecular flexibility index (Phi) is 5.20. The van der Waals surface area contributed by atoms with Crippen molar-refractivity contribution in [2.45, 2.75) is 13.5 Å². The van der Waals surface area contributed by atoms with Gasteiger partial charge in [-0.15, -0.1) is 0 Å². The monoisotopic (exact) mass is 387 g/mol. The number of aryl methyl sites for hydroxylation is 1. The number of halogens is 1. The SMILES string of the molecule is Cc1ccc(COc2ccccc2/C=C2\N=C(c3cccc(F)c3)OC2=O)cc1. The van der Waals surface area contributed by atoms with Crippen LogP contribution in [-0.2, 0) is 16.1 Å². The molecule has 0 radical (unpaired) electrons. The van der Waals surface area contributed by atoms with Crippen molar-refractivity contribution >= 4 is 17.9 Å². The molecule has 3 aromatic rings. The van der Waals surface area contributed by atoms with E-state index in [1.807, 2.05) is 55.5 Å². The Balaban J connectivity index is 1.57. The van der Waals surface area contributed by atoms with Crippen LogP contribution in [0.3, 0.4) is 0 Å². The number of esters is 1. The number of rotatable bonds is 5. The Morgan fingerprint density at radius 1 is 1.03 bits per heavy atom. The third-order valence-electron chi connectivity index (χ3n) is 4.42. The lowest BCUT2D eigenvalue weighted by atomic mass is 10.1. The molecule has 4 rings (SSSR count). The molecular weight excluding hydrogens is 369 g/mol. The fourth-order valence-corrected chi connectivity index (χ4v) is 2.88. The molecular formula is C24H18FNO3. The molecule has 0 aromatic heterocycles. The third kappa shape index (κ3) is 4.41. The predicted molar refractivity (Wildman–Crippen MR) is 109 cm³/mol. The van der Waals surface area contributed by atoms with Crippen LogP contribution < -0.4 is 4.74 Å². The second-order valence-corrected chi connectivity index (χ2v) is 6.66. The zero-order valence-corrected chi connectivity index (χ0v) is 15.8. The highest BCUT2D eigenvalue weighted by Crippen LogP contribution is 2.25. The largest absolute Gasteiger partial charge is 0.488 e. The molecule has 0 spiro atoms. The van der Waals surface area contributed by atoms with Crippen LogP contribution in [0.4, 0.5) is 4.39 Å². The summed E-state index contributed by atoms with van der Waals surface area (Å²) in [7, 11) is 0. The summed E-state index contributed by atoms with van der Waals surface area (Å²) in [5, 5.41) is 0. The van der Waals surface area contributed by atoms with Gasteiger partial charge in [-0.3, -0.25) is 0 Å². The summed E-state index contributed by atoms with van der Waals surface area (Å²) in [6.07, 6.45) is 1.61. The van der Waals surface area contributed by atoms with Gasteiger partial charge < -0.3 is 9.47 Å². The number of ether oxygens (including phenoxy) is 2. The molecule has 0 atom stereocenters. The molecule has 0 fully saturated rings. The molecule has 0 N–H and O–H groups in total. The maximum absolute atomic E-state index is 13.4. The summed E-state index contributed by atoms with van der Waals surface area (Å²) < 4.78 is 24.6. The van der Waals surface area contributed by atoms with Gasteiger partial charge in [0.25, 0.3) is 0 Å². The van der Waals surface area contributed by atoms with E-state index < -0.39 is 11.8 Å². The van der Waals surface area contributed by atoms with Crippen molar-refractivity contribution < 1.29 is 18.7 Å². The Labute approximate surface area is 167 Å². The van der Waals surface area contributed by atoms with E-state index in [1.54, 1.807) is 12.1 Å². The molecule has 0 bridgehead atoms. The van der Waals surface area contributed by atoms with Gasteiger partial charge in [0.1, 0.15) is 18.2 Å². The average Bonchev–Trinajstić information content (AvgIpc) is 3.09. The molecule has 1 heterocycles. The number of nitrogens with zero attached hydrogens (tertiary/aromatic N) is 1. The molecule has 4 nitrogen and oxygen atoms in total. The van der Waals surface area contributed by atoms with Crippen molar-refractivity contribution in [2.24, 2.45) is 4.99 Å². The maximum Gasteiger partial charge on any atom is 0.363 e. The van der Waals surface area contributed by atoms with E-state index in [1.165, 1.54) is 23.8 Å². The van der Waals surface area contributed by atoms with Gasteiger partial charge in [-0.1, -0.05) is 54.1 Å². The fourth-order valence-electron chi connectivity index (χ4n) is 2.88. The van der Waals surface area contributed by atoms with E-state index in [4.69, 9.17) is 9.47 Å². The van der Waals surface area contributed by atoms with E-state index in [2.05, 4.69) is 4.99 Å². The lowest BCUT2D eigenvalue weighted by molar-refractivity contribution is -0.129. The van der Waals surface area contributed by atoms with E-state index in [0.717, 1.165) is 5.56 Å². The number of carbonyl (C=O) groups excluding carboxylic acids is 1. The number of hydrogen-bond donors (Lipinski definition) is 0. The summed E-state index contributed by atoms with van der Waals surface area (Å²) in [4.78, 5) is 16.5. The van der Waals surface area contributed by atoms with Crippen LogP contribution in [-0.4, -0.2) is 11.9 Å². The van der Waals surface area contributed by atoms with Crippen LogP contribution in [0.25, 0.3) is 6.08 Å². The highest BCUT2D eigenvalue weighted by molar-refractivity contribution is 6.12. The van der Waals surface area contributed by atoms with Gasteiger partial charge in [-0.25, -0.2) is 14.2 Å². The third-order valence-corrected chi connectivity index (χ3v) is 4.42. The number of carbonyl (C=O) groups is 1. The predicted octanol–water partition coefficient (Wildman–Crippen LogP) is 5.06. The number of hydrogen-bond acceptors (Lipinski definition) is 4. The zero-order valence-electron chi connectivity index (χ0n) is 15.8. The lowest BCUT2D eigenvalue weighted by Gasteiger charge is -2.09. The van der Waals surface area contributed by atoms with Crippen LogP contribution >= 0.6 is 0 Å². The first-order valence-electron chi connectivity index (χ1n) is 9.14. The van der Waals surface area contributed by atoms with E-state index >= 15 is 0 Å². The standard InChI is InChI=1S/C24H18FNO3/c1-16-9-11-17(12-10-16)15-28-22-8-3-2-5-18(22)14-21-24(27)29-23(26-21)19-6-4-7-20(25)13-19/h2-14H,15H2,1H3/b21-14-. The minimum Gasteiger partial charge on any atom is -0.488 e. The van der Waals surface area contributed by atoms with Gasteiger partial charge in [0, 0.05) is 11.1 Å². The molecule has 0 saturated carbocycles. The molecule has 1 aliphatic heterocycles. The van der Waals surface area contributed by atoms with Gasteiger partial charge in [0.15, 0.2) is 5.70 Å². The smallest absolute Gasteiger partial charge is 0.363 e. The van der Waals surface area contributed by atoms with Gasteiger partial charge in [-0.05, 0) is 42.8 Å². The summed E-state index contributed by atoms with van der Waals surface area (Å²) in [5.74, 6) is -0.298. The summed E-state index contributed by atoms with van der Waals surface area (Å²) >= 11 is 0. The van der Waals surface area contributed by atoms with Crippen LogP contribution in [0.15, 0.2) is 83.5 Å². The second kappa shape index (κ2) is 8.10. The number of aliphatic imine (C=N–C) groups is 1. The Bertz CT molecular complexity index is 1120. The number of benzene rings is 3. The molecule has 0 unspecified atom stereocenters. The fraction of sp³-hybridized carbons (Fsp3) is 0.0833. The number of para-hydroxylation sites is 1. The molecule has 144 valence electrons. The first-order valence-corrected chi connectivity index (χ1v) is 9.14. The highest BCUT2D eigenvalue weighted by atomic mass is 19.1.